The maximum absolute atomic E-state index is 13.6. The van der Waals surface area contributed by atoms with Crippen molar-refractivity contribution in [3.8, 4) is 11.1 Å². The second-order valence-electron chi connectivity index (χ2n) is 8.76. The smallest absolute Gasteiger partial charge is 0.248 e. The fourth-order valence-corrected chi connectivity index (χ4v) is 4.53. The summed E-state index contributed by atoms with van der Waals surface area (Å²) in [7, 11) is 1.84. The molecule has 0 bridgehead atoms. The van der Waals surface area contributed by atoms with E-state index in [4.69, 9.17) is 10.7 Å². The van der Waals surface area contributed by atoms with Gasteiger partial charge in [0.15, 0.2) is 0 Å². The van der Waals surface area contributed by atoms with Crippen LogP contribution in [0.5, 0.6) is 0 Å². The van der Waals surface area contributed by atoms with E-state index in [1.807, 2.05) is 20.2 Å². The third-order valence-corrected chi connectivity index (χ3v) is 6.30. The highest BCUT2D eigenvalue weighted by atomic mass is 19.3. The highest BCUT2D eigenvalue weighted by molar-refractivity contribution is 5.94. The zero-order valence-electron chi connectivity index (χ0n) is 18.4. The number of fused-ring (bicyclic) bond motifs is 1. The third kappa shape index (κ3) is 4.43. The van der Waals surface area contributed by atoms with Gasteiger partial charge in [0.1, 0.15) is 0 Å². The highest BCUT2D eigenvalue weighted by Crippen LogP contribution is 2.38. The fourth-order valence-electron chi connectivity index (χ4n) is 4.53. The standard InChI is InChI=1S/C25H30F2N4/c1-16-4-6-19(7-5-16)21-15-31(14-18-8-10-25(26,27)11-9-18)22-12-20(13-30-24(21)22)23(29-3)17(2)28/h4-7,12-13,15,18,29H,8-11,14,28H2,1-3H3/b23-17-. The van der Waals surface area contributed by atoms with Gasteiger partial charge in [0.25, 0.3) is 0 Å². The van der Waals surface area contributed by atoms with Crippen LogP contribution in [-0.4, -0.2) is 22.5 Å². The first kappa shape index (κ1) is 21.3. The second-order valence-corrected chi connectivity index (χ2v) is 8.76. The SMILES string of the molecule is CN/C(=C(/C)N)c1cnc2c(-c3ccc(C)cc3)cn(CC3CCC(F)(F)CC3)c2c1. The monoisotopic (exact) mass is 424 g/mol. The van der Waals surface area contributed by atoms with Crippen LogP contribution in [-0.2, 0) is 6.54 Å². The van der Waals surface area contributed by atoms with E-state index in [2.05, 4.69) is 53.3 Å². The number of pyridine rings is 1. The van der Waals surface area contributed by atoms with Crippen LogP contribution in [0.2, 0.25) is 0 Å². The molecule has 4 nitrogen and oxygen atoms in total. The number of rotatable bonds is 5. The van der Waals surface area contributed by atoms with Crippen LogP contribution in [0.25, 0.3) is 27.9 Å². The van der Waals surface area contributed by atoms with Crippen LogP contribution in [0, 0.1) is 12.8 Å². The summed E-state index contributed by atoms with van der Waals surface area (Å²) < 4.78 is 29.5. The molecule has 0 aliphatic heterocycles. The van der Waals surface area contributed by atoms with E-state index in [1.165, 1.54) is 5.56 Å². The zero-order valence-corrected chi connectivity index (χ0v) is 18.4. The molecule has 1 fully saturated rings. The molecule has 4 rings (SSSR count). The fraction of sp³-hybridized carbons (Fsp3) is 0.400. The van der Waals surface area contributed by atoms with Crippen molar-refractivity contribution in [2.75, 3.05) is 7.05 Å². The number of allylic oxidation sites excluding steroid dienone is 1. The van der Waals surface area contributed by atoms with Gasteiger partial charge in [-0.1, -0.05) is 29.8 Å². The molecule has 2 aromatic heterocycles. The Bertz CT molecular complexity index is 1100. The van der Waals surface area contributed by atoms with E-state index in [0.29, 0.717) is 25.1 Å². The minimum Gasteiger partial charge on any atom is -0.401 e. The molecule has 1 aliphatic carbocycles. The zero-order chi connectivity index (χ0) is 22.2. The van der Waals surface area contributed by atoms with Gasteiger partial charge in [-0.25, -0.2) is 8.78 Å². The lowest BCUT2D eigenvalue weighted by atomic mass is 9.87. The largest absolute Gasteiger partial charge is 0.401 e. The Labute approximate surface area is 182 Å². The Morgan fingerprint density at radius 2 is 1.90 bits per heavy atom. The van der Waals surface area contributed by atoms with Crippen molar-refractivity contribution in [1.82, 2.24) is 14.9 Å². The number of alkyl halides is 2. The molecule has 6 heteroatoms. The summed E-state index contributed by atoms with van der Waals surface area (Å²) in [6.45, 7) is 4.63. The van der Waals surface area contributed by atoms with E-state index >= 15 is 0 Å². The van der Waals surface area contributed by atoms with Crippen LogP contribution in [0.1, 0.15) is 43.7 Å². The van der Waals surface area contributed by atoms with E-state index < -0.39 is 5.92 Å². The number of hydrogen-bond acceptors (Lipinski definition) is 3. The molecule has 3 N–H and O–H groups in total. The van der Waals surface area contributed by atoms with Crippen molar-refractivity contribution in [2.45, 2.75) is 52.0 Å². The van der Waals surface area contributed by atoms with Crippen LogP contribution in [0.3, 0.4) is 0 Å². The first-order valence-corrected chi connectivity index (χ1v) is 10.9. The molecule has 0 atom stereocenters. The number of aromatic nitrogens is 2. The molecule has 2 heterocycles. The van der Waals surface area contributed by atoms with Crippen molar-refractivity contribution in [1.29, 1.82) is 0 Å². The molecule has 0 spiro atoms. The quantitative estimate of drug-likeness (QED) is 0.552. The lowest BCUT2D eigenvalue weighted by Crippen LogP contribution is -2.26. The maximum Gasteiger partial charge on any atom is 0.248 e. The molecule has 0 saturated heterocycles. The number of nitrogens with zero attached hydrogens (tertiary/aromatic N) is 2. The molecule has 1 aliphatic rings. The van der Waals surface area contributed by atoms with Crippen LogP contribution in [0.4, 0.5) is 8.78 Å². The van der Waals surface area contributed by atoms with Gasteiger partial charge < -0.3 is 15.6 Å². The predicted molar refractivity (Wildman–Crippen MR) is 123 cm³/mol. The van der Waals surface area contributed by atoms with Crippen LogP contribution >= 0.6 is 0 Å². The molecule has 0 amide bonds. The molecule has 0 unspecified atom stereocenters. The van der Waals surface area contributed by atoms with Gasteiger partial charge >= 0.3 is 0 Å². The van der Waals surface area contributed by atoms with Crippen LogP contribution in [0.15, 0.2) is 48.4 Å². The Balaban J connectivity index is 1.78. The summed E-state index contributed by atoms with van der Waals surface area (Å²) in [6, 6.07) is 10.5. The normalized spacial score (nSPS) is 17.6. The number of aryl methyl sites for hydroxylation is 1. The Morgan fingerprint density at radius 1 is 1.23 bits per heavy atom. The van der Waals surface area contributed by atoms with Crippen molar-refractivity contribution < 1.29 is 8.78 Å². The average molecular weight is 425 g/mol. The van der Waals surface area contributed by atoms with Crippen molar-refractivity contribution in [3.05, 3.63) is 59.5 Å². The number of benzene rings is 1. The van der Waals surface area contributed by atoms with Gasteiger partial charge in [0.2, 0.25) is 5.92 Å². The summed E-state index contributed by atoms with van der Waals surface area (Å²) in [5, 5.41) is 3.16. The van der Waals surface area contributed by atoms with Gasteiger partial charge in [-0.2, -0.15) is 0 Å². The van der Waals surface area contributed by atoms with Gasteiger partial charge in [-0.3, -0.25) is 4.98 Å². The maximum atomic E-state index is 13.6. The van der Waals surface area contributed by atoms with Crippen molar-refractivity contribution in [3.63, 3.8) is 0 Å². The van der Waals surface area contributed by atoms with Gasteiger partial charge in [0.05, 0.1) is 16.7 Å². The average Bonchev–Trinajstić information content (AvgIpc) is 3.08. The van der Waals surface area contributed by atoms with Crippen LogP contribution < -0.4 is 11.1 Å². The number of halogens is 2. The molecule has 164 valence electrons. The minimum atomic E-state index is -2.51. The summed E-state index contributed by atoms with van der Waals surface area (Å²) in [6.07, 6.45) is 5.01. The Hall–Kier alpha value is -2.89. The minimum absolute atomic E-state index is 0.0236. The molecule has 3 aromatic rings. The molecule has 31 heavy (non-hydrogen) atoms. The molecule has 1 saturated carbocycles. The van der Waals surface area contributed by atoms with Gasteiger partial charge in [-0.05, 0) is 44.2 Å². The number of nitrogens with one attached hydrogen (secondary N) is 1. The molecule has 1 aromatic carbocycles. The summed E-state index contributed by atoms with van der Waals surface area (Å²) >= 11 is 0. The van der Waals surface area contributed by atoms with Gasteiger partial charge in [0, 0.05) is 55.7 Å². The first-order chi connectivity index (χ1) is 14.8. The van der Waals surface area contributed by atoms with E-state index in [1.54, 1.807) is 0 Å². The molecular weight excluding hydrogens is 394 g/mol. The predicted octanol–water partition coefficient (Wildman–Crippen LogP) is 5.70. The Kier molecular flexibility index (Phi) is 5.73. The lowest BCUT2D eigenvalue weighted by molar-refractivity contribution is -0.0472. The summed E-state index contributed by atoms with van der Waals surface area (Å²) in [5.74, 6) is -2.28. The summed E-state index contributed by atoms with van der Waals surface area (Å²) in [5.41, 5.74) is 13.8. The second kappa shape index (κ2) is 8.33. The number of hydrogen-bond donors (Lipinski definition) is 2. The molecule has 0 radical (unpaired) electrons. The Morgan fingerprint density at radius 3 is 2.52 bits per heavy atom. The van der Waals surface area contributed by atoms with E-state index in [9.17, 15) is 8.78 Å². The van der Waals surface area contributed by atoms with Gasteiger partial charge in [-0.15, -0.1) is 0 Å². The first-order valence-electron chi connectivity index (χ1n) is 10.9. The lowest BCUT2D eigenvalue weighted by Gasteiger charge is -2.28. The van der Waals surface area contributed by atoms with Crippen molar-refractivity contribution >= 4 is 16.7 Å². The third-order valence-electron chi connectivity index (χ3n) is 6.30. The van der Waals surface area contributed by atoms with E-state index in [0.717, 1.165) is 33.4 Å². The topological polar surface area (TPSA) is 55.9 Å². The molecular formula is C25H30F2N4. The summed E-state index contributed by atoms with van der Waals surface area (Å²) in [4.78, 5) is 4.80. The number of nitrogens with two attached hydrogens (primary N) is 1. The highest BCUT2D eigenvalue weighted by Gasteiger charge is 2.35. The van der Waals surface area contributed by atoms with E-state index in [-0.39, 0.29) is 18.8 Å². The van der Waals surface area contributed by atoms with Crippen molar-refractivity contribution in [2.24, 2.45) is 11.7 Å².